The average Bonchev–Trinajstić information content (AvgIpc) is 2.36. The van der Waals surface area contributed by atoms with Gasteiger partial charge in [-0.25, -0.2) is 9.78 Å². The molecular formula is C6H7BrN2O2S. The molecule has 0 bridgehead atoms. The highest BCUT2D eigenvalue weighted by Crippen LogP contribution is 2.22. The molecule has 4 nitrogen and oxygen atoms in total. The third kappa shape index (κ3) is 2.78. The highest BCUT2D eigenvalue weighted by molar-refractivity contribution is 9.11. The summed E-state index contributed by atoms with van der Waals surface area (Å²) in [6, 6.07) is 0. The van der Waals surface area contributed by atoms with Crippen molar-refractivity contribution < 1.29 is 9.53 Å². The van der Waals surface area contributed by atoms with Gasteiger partial charge in [-0.3, -0.25) is 5.32 Å². The molecule has 6 heteroatoms. The van der Waals surface area contributed by atoms with Crippen LogP contribution in [0.4, 0.5) is 9.93 Å². The van der Waals surface area contributed by atoms with Crippen LogP contribution in [0.1, 0.15) is 6.92 Å². The van der Waals surface area contributed by atoms with Gasteiger partial charge < -0.3 is 4.74 Å². The Morgan fingerprint density at radius 1 is 1.92 bits per heavy atom. The number of hydrogen-bond acceptors (Lipinski definition) is 4. The first-order valence-corrected chi connectivity index (χ1v) is 4.88. The Bertz CT molecular complexity index is 276. The van der Waals surface area contributed by atoms with E-state index in [1.54, 1.807) is 13.1 Å². The van der Waals surface area contributed by atoms with E-state index in [4.69, 9.17) is 0 Å². The number of ether oxygens (including phenoxy) is 1. The van der Waals surface area contributed by atoms with Crippen molar-refractivity contribution in [3.63, 3.8) is 0 Å². The van der Waals surface area contributed by atoms with Gasteiger partial charge in [0, 0.05) is 0 Å². The van der Waals surface area contributed by atoms with Crippen molar-refractivity contribution in [3.05, 3.63) is 9.98 Å². The van der Waals surface area contributed by atoms with Crippen LogP contribution in [0, 0.1) is 0 Å². The molecule has 1 aromatic heterocycles. The Hall–Kier alpha value is -0.620. The largest absolute Gasteiger partial charge is 0.450 e. The zero-order valence-corrected chi connectivity index (χ0v) is 8.74. The molecule has 0 fully saturated rings. The number of thiazole rings is 1. The minimum atomic E-state index is -0.473. The Morgan fingerprint density at radius 2 is 2.67 bits per heavy atom. The highest BCUT2D eigenvalue weighted by atomic mass is 79.9. The summed E-state index contributed by atoms with van der Waals surface area (Å²) in [6.45, 7) is 2.11. The van der Waals surface area contributed by atoms with Gasteiger partial charge in [0.25, 0.3) is 0 Å². The van der Waals surface area contributed by atoms with E-state index in [9.17, 15) is 4.79 Å². The summed E-state index contributed by atoms with van der Waals surface area (Å²) in [4.78, 5) is 14.7. The predicted molar refractivity (Wildman–Crippen MR) is 50.5 cm³/mol. The first-order valence-electron chi connectivity index (χ1n) is 3.27. The molecule has 1 amide bonds. The summed E-state index contributed by atoms with van der Waals surface area (Å²) in [5, 5.41) is 3.01. The number of carbonyl (C=O) groups is 1. The third-order valence-corrected chi connectivity index (χ3v) is 2.35. The summed E-state index contributed by atoms with van der Waals surface area (Å²) in [6.07, 6.45) is 1.14. The fourth-order valence-corrected chi connectivity index (χ4v) is 1.66. The van der Waals surface area contributed by atoms with Crippen molar-refractivity contribution in [2.24, 2.45) is 0 Å². The van der Waals surface area contributed by atoms with Crippen LogP contribution in [0.25, 0.3) is 0 Å². The molecular weight excluding hydrogens is 244 g/mol. The molecule has 1 N–H and O–H groups in total. The number of aromatic nitrogens is 1. The number of halogens is 1. The number of nitrogens with zero attached hydrogens (tertiary/aromatic N) is 1. The minimum Gasteiger partial charge on any atom is -0.450 e. The van der Waals surface area contributed by atoms with Crippen molar-refractivity contribution in [3.8, 4) is 0 Å². The van der Waals surface area contributed by atoms with Gasteiger partial charge in [-0.1, -0.05) is 11.3 Å². The molecule has 0 radical (unpaired) electrons. The molecule has 0 spiro atoms. The van der Waals surface area contributed by atoms with Gasteiger partial charge in [-0.15, -0.1) is 0 Å². The summed E-state index contributed by atoms with van der Waals surface area (Å²) < 4.78 is 5.53. The van der Waals surface area contributed by atoms with Crippen molar-refractivity contribution in [1.29, 1.82) is 0 Å². The molecule has 0 aliphatic rings. The van der Waals surface area contributed by atoms with Crippen LogP contribution in [-0.2, 0) is 4.74 Å². The molecule has 0 aromatic carbocycles. The quantitative estimate of drug-likeness (QED) is 0.878. The van der Waals surface area contributed by atoms with Gasteiger partial charge in [0.05, 0.1) is 16.6 Å². The van der Waals surface area contributed by atoms with Gasteiger partial charge in [-0.05, 0) is 22.9 Å². The molecule has 66 valence electrons. The van der Waals surface area contributed by atoms with Crippen LogP contribution in [-0.4, -0.2) is 17.7 Å². The molecule has 0 aliphatic heterocycles. The topological polar surface area (TPSA) is 51.2 Å². The summed E-state index contributed by atoms with van der Waals surface area (Å²) in [5.74, 6) is 0. The first-order chi connectivity index (χ1) is 5.72. The first kappa shape index (κ1) is 9.47. The van der Waals surface area contributed by atoms with Gasteiger partial charge in [0.2, 0.25) is 0 Å². The molecule has 0 saturated heterocycles. The number of amides is 1. The molecule has 12 heavy (non-hydrogen) atoms. The minimum absolute atomic E-state index is 0.360. The maximum Gasteiger partial charge on any atom is 0.413 e. The fraction of sp³-hybridized carbons (Fsp3) is 0.333. The lowest BCUT2D eigenvalue weighted by Gasteiger charge is -1.99. The van der Waals surface area contributed by atoms with E-state index >= 15 is 0 Å². The fourth-order valence-electron chi connectivity index (χ4n) is 0.567. The standard InChI is InChI=1S/C6H7BrN2O2S/c1-2-11-6(10)9-5-8-3-4(7)12-5/h3H,2H2,1H3,(H,8,9,10). The SMILES string of the molecule is CCOC(=O)Nc1ncc(Br)s1. The smallest absolute Gasteiger partial charge is 0.413 e. The molecule has 1 rings (SSSR count). The lowest BCUT2D eigenvalue weighted by molar-refractivity contribution is 0.168. The number of rotatable bonds is 2. The zero-order valence-electron chi connectivity index (χ0n) is 6.33. The van der Waals surface area contributed by atoms with Crippen LogP contribution in [0.5, 0.6) is 0 Å². The van der Waals surface area contributed by atoms with Gasteiger partial charge >= 0.3 is 6.09 Å². The maximum absolute atomic E-state index is 10.8. The van der Waals surface area contributed by atoms with Gasteiger partial charge in [0.1, 0.15) is 0 Å². The lowest BCUT2D eigenvalue weighted by atomic mass is 10.8. The van der Waals surface area contributed by atoms with Crippen LogP contribution >= 0.6 is 27.3 Å². The molecule has 0 atom stereocenters. The van der Waals surface area contributed by atoms with Crippen molar-refractivity contribution >= 4 is 38.5 Å². The molecule has 1 aromatic rings. The number of hydrogen-bond donors (Lipinski definition) is 1. The van der Waals surface area contributed by atoms with E-state index in [1.165, 1.54) is 11.3 Å². The second kappa shape index (κ2) is 4.42. The summed E-state index contributed by atoms with van der Waals surface area (Å²) in [5.41, 5.74) is 0. The monoisotopic (exact) mass is 250 g/mol. The number of nitrogens with one attached hydrogen (secondary N) is 1. The van der Waals surface area contributed by atoms with Crippen molar-refractivity contribution in [1.82, 2.24) is 4.98 Å². The van der Waals surface area contributed by atoms with Crippen LogP contribution in [0.2, 0.25) is 0 Å². The van der Waals surface area contributed by atoms with Crippen molar-refractivity contribution in [2.75, 3.05) is 11.9 Å². The van der Waals surface area contributed by atoms with E-state index in [-0.39, 0.29) is 0 Å². The van der Waals surface area contributed by atoms with E-state index in [0.29, 0.717) is 11.7 Å². The summed E-state index contributed by atoms with van der Waals surface area (Å²) >= 11 is 4.56. The lowest BCUT2D eigenvalue weighted by Crippen LogP contribution is -2.12. The Kier molecular flexibility index (Phi) is 3.48. The molecule has 0 unspecified atom stereocenters. The van der Waals surface area contributed by atoms with Crippen LogP contribution < -0.4 is 5.32 Å². The predicted octanol–water partition coefficient (Wildman–Crippen LogP) is 2.47. The number of carbonyl (C=O) groups excluding carboxylic acids is 1. The van der Waals surface area contributed by atoms with E-state index in [1.807, 2.05) is 0 Å². The van der Waals surface area contributed by atoms with Gasteiger partial charge in [0.15, 0.2) is 5.13 Å². The highest BCUT2D eigenvalue weighted by Gasteiger charge is 2.04. The second-order valence-corrected chi connectivity index (χ2v) is 4.22. The third-order valence-electron chi connectivity index (χ3n) is 0.962. The van der Waals surface area contributed by atoms with E-state index in [0.717, 1.165) is 3.79 Å². The van der Waals surface area contributed by atoms with Crippen LogP contribution in [0.15, 0.2) is 9.98 Å². The van der Waals surface area contributed by atoms with E-state index in [2.05, 4.69) is 31.0 Å². The maximum atomic E-state index is 10.8. The Balaban J connectivity index is 2.46. The normalized spacial score (nSPS) is 9.50. The van der Waals surface area contributed by atoms with Gasteiger partial charge in [-0.2, -0.15) is 0 Å². The molecule has 0 aliphatic carbocycles. The zero-order chi connectivity index (χ0) is 8.97. The van der Waals surface area contributed by atoms with Crippen molar-refractivity contribution in [2.45, 2.75) is 6.92 Å². The molecule has 1 heterocycles. The van der Waals surface area contributed by atoms with Crippen LogP contribution in [0.3, 0.4) is 0 Å². The second-order valence-electron chi connectivity index (χ2n) is 1.81. The summed E-state index contributed by atoms with van der Waals surface area (Å²) in [7, 11) is 0. The average molecular weight is 251 g/mol. The Morgan fingerprint density at radius 3 is 3.17 bits per heavy atom. The number of anilines is 1. The Labute approximate surface area is 82.1 Å². The van der Waals surface area contributed by atoms with E-state index < -0.39 is 6.09 Å². The molecule has 0 saturated carbocycles.